The fourth-order valence-corrected chi connectivity index (χ4v) is 4.49. The Morgan fingerprint density at radius 2 is 1.93 bits per heavy atom. The number of esters is 1. The number of hydrogen-bond acceptors (Lipinski definition) is 5. The summed E-state index contributed by atoms with van der Waals surface area (Å²) in [6.45, 7) is 8.43. The van der Waals surface area contributed by atoms with E-state index in [0.29, 0.717) is 6.54 Å². The molecule has 1 heterocycles. The Balaban J connectivity index is 2.00. The molecule has 150 valence electrons. The number of rotatable bonds is 6. The van der Waals surface area contributed by atoms with E-state index in [0.717, 1.165) is 18.4 Å². The molecule has 0 N–H and O–H groups in total. The summed E-state index contributed by atoms with van der Waals surface area (Å²) in [6.07, 6.45) is 3.49. The molecule has 0 radical (unpaired) electrons. The Morgan fingerprint density at radius 1 is 1.26 bits per heavy atom. The lowest BCUT2D eigenvalue weighted by Crippen LogP contribution is -2.47. The molecule has 6 heteroatoms. The molecule has 1 aliphatic heterocycles. The molecule has 5 nitrogen and oxygen atoms in total. The number of carbonyl (C=O) groups is 2. The quantitative estimate of drug-likeness (QED) is 0.666. The van der Waals surface area contributed by atoms with E-state index < -0.39 is 5.60 Å². The van der Waals surface area contributed by atoms with Crippen LogP contribution >= 0.6 is 11.8 Å². The summed E-state index contributed by atoms with van der Waals surface area (Å²) in [6, 6.07) is 9.64. The molecule has 0 bridgehead atoms. The number of likely N-dealkylation sites (tertiary alicyclic amines) is 1. The minimum Gasteiger partial charge on any atom is -0.461 e. The molecule has 2 rings (SSSR count). The highest BCUT2D eigenvalue weighted by molar-refractivity contribution is 7.99. The number of carbonyl (C=O) groups excluding carboxylic acids is 2. The fourth-order valence-electron chi connectivity index (χ4n) is 3.37. The number of amides is 1. The molecule has 0 saturated carbocycles. The van der Waals surface area contributed by atoms with E-state index >= 15 is 0 Å². The van der Waals surface area contributed by atoms with Gasteiger partial charge in [0.1, 0.15) is 12.2 Å². The third-order valence-corrected chi connectivity index (χ3v) is 5.93. The second kappa shape index (κ2) is 9.49. The van der Waals surface area contributed by atoms with Crippen LogP contribution in [0.1, 0.15) is 46.1 Å². The second-order valence-corrected chi connectivity index (χ2v) is 8.98. The van der Waals surface area contributed by atoms with E-state index in [1.807, 2.05) is 64.3 Å². The van der Waals surface area contributed by atoms with Crippen molar-refractivity contribution in [2.45, 2.75) is 64.0 Å². The van der Waals surface area contributed by atoms with E-state index in [9.17, 15) is 9.59 Å². The minimum absolute atomic E-state index is 0.0193. The van der Waals surface area contributed by atoms with Crippen LogP contribution in [0.4, 0.5) is 4.79 Å². The Kier molecular flexibility index (Phi) is 7.59. The largest absolute Gasteiger partial charge is 0.461 e. The Labute approximate surface area is 166 Å². The van der Waals surface area contributed by atoms with Crippen LogP contribution in [-0.4, -0.2) is 46.7 Å². The van der Waals surface area contributed by atoms with Gasteiger partial charge in [0, 0.05) is 17.8 Å². The van der Waals surface area contributed by atoms with Crippen molar-refractivity contribution in [2.75, 3.05) is 12.8 Å². The van der Waals surface area contributed by atoms with Crippen LogP contribution in [0, 0.1) is 5.92 Å². The molecule has 1 aromatic carbocycles. The van der Waals surface area contributed by atoms with Gasteiger partial charge in [0.25, 0.3) is 0 Å². The smallest absolute Gasteiger partial charge is 0.410 e. The van der Waals surface area contributed by atoms with Crippen molar-refractivity contribution in [1.29, 1.82) is 0 Å². The number of benzene rings is 1. The van der Waals surface area contributed by atoms with Crippen molar-refractivity contribution >= 4 is 23.8 Å². The predicted octanol–water partition coefficient (Wildman–Crippen LogP) is 4.50. The number of nitrogens with zero attached hydrogens (tertiary/aromatic N) is 1. The monoisotopic (exact) mass is 393 g/mol. The fraction of sp³-hybridized carbons (Fsp3) is 0.619. The number of ether oxygens (including phenoxy) is 2. The van der Waals surface area contributed by atoms with Crippen molar-refractivity contribution in [3.63, 3.8) is 0 Å². The average Bonchev–Trinajstić information content (AvgIpc) is 3.09. The molecule has 27 heavy (non-hydrogen) atoms. The molecule has 1 amide bonds. The van der Waals surface area contributed by atoms with Crippen LogP contribution in [-0.2, 0) is 20.9 Å². The number of hydrogen-bond donors (Lipinski definition) is 0. The zero-order chi connectivity index (χ0) is 20.0. The second-order valence-electron chi connectivity index (χ2n) is 7.97. The number of thioether (sulfide) groups is 1. The molecular weight excluding hydrogens is 362 g/mol. The molecular formula is C21H31NO4S. The van der Waals surface area contributed by atoms with Gasteiger partial charge in [-0.15, -0.1) is 0 Å². The van der Waals surface area contributed by atoms with Crippen molar-refractivity contribution in [1.82, 2.24) is 4.90 Å². The van der Waals surface area contributed by atoms with Crippen molar-refractivity contribution in [3.8, 4) is 0 Å². The van der Waals surface area contributed by atoms with Gasteiger partial charge in [-0.2, -0.15) is 11.8 Å². The first-order valence-electron chi connectivity index (χ1n) is 9.46. The van der Waals surface area contributed by atoms with Crippen molar-refractivity contribution in [2.24, 2.45) is 5.92 Å². The highest BCUT2D eigenvalue weighted by atomic mass is 32.2. The Hall–Kier alpha value is -1.69. The zero-order valence-corrected chi connectivity index (χ0v) is 17.8. The van der Waals surface area contributed by atoms with Crippen LogP contribution in [0.25, 0.3) is 0 Å². The van der Waals surface area contributed by atoms with E-state index in [2.05, 4.69) is 0 Å². The summed E-state index contributed by atoms with van der Waals surface area (Å²) in [4.78, 5) is 27.0. The van der Waals surface area contributed by atoms with E-state index in [4.69, 9.17) is 9.47 Å². The maximum absolute atomic E-state index is 12.6. The average molecular weight is 394 g/mol. The summed E-state index contributed by atoms with van der Waals surface area (Å²) in [5.41, 5.74) is 0.439. The maximum atomic E-state index is 12.6. The van der Waals surface area contributed by atoms with E-state index in [-0.39, 0.29) is 35.9 Å². The lowest BCUT2D eigenvalue weighted by molar-refractivity contribution is -0.149. The van der Waals surface area contributed by atoms with Gasteiger partial charge >= 0.3 is 12.1 Å². The molecule has 3 atom stereocenters. The molecule has 0 spiro atoms. The van der Waals surface area contributed by atoms with Crippen LogP contribution in [0.5, 0.6) is 0 Å². The van der Waals surface area contributed by atoms with E-state index in [1.54, 1.807) is 16.7 Å². The first-order chi connectivity index (χ1) is 12.7. The van der Waals surface area contributed by atoms with Crippen LogP contribution in [0.3, 0.4) is 0 Å². The highest BCUT2D eigenvalue weighted by Crippen LogP contribution is 2.33. The lowest BCUT2D eigenvalue weighted by atomic mass is 9.99. The van der Waals surface area contributed by atoms with Gasteiger partial charge in [0.15, 0.2) is 0 Å². The van der Waals surface area contributed by atoms with Crippen LogP contribution in [0.2, 0.25) is 0 Å². The molecule has 1 aromatic rings. The van der Waals surface area contributed by atoms with Gasteiger partial charge in [-0.3, -0.25) is 4.79 Å². The SMILES string of the molecule is CS[C@@H](C(C)C(=O)OCc1ccccc1)C1CCCN1C(=O)OC(C)(C)C. The van der Waals surface area contributed by atoms with Crippen LogP contribution in [0.15, 0.2) is 30.3 Å². The van der Waals surface area contributed by atoms with E-state index in [1.165, 1.54) is 0 Å². The predicted molar refractivity (Wildman–Crippen MR) is 109 cm³/mol. The van der Waals surface area contributed by atoms with Gasteiger partial charge < -0.3 is 14.4 Å². The highest BCUT2D eigenvalue weighted by Gasteiger charge is 2.41. The van der Waals surface area contributed by atoms with Gasteiger partial charge in [-0.05, 0) is 45.4 Å². The Morgan fingerprint density at radius 3 is 2.52 bits per heavy atom. The normalized spacial score (nSPS) is 19.4. The van der Waals surface area contributed by atoms with Crippen molar-refractivity contribution < 1.29 is 19.1 Å². The van der Waals surface area contributed by atoms with Crippen molar-refractivity contribution in [3.05, 3.63) is 35.9 Å². The first kappa shape index (κ1) is 21.6. The molecule has 0 aromatic heterocycles. The van der Waals surface area contributed by atoms with Gasteiger partial charge in [0.2, 0.25) is 0 Å². The first-order valence-corrected chi connectivity index (χ1v) is 10.7. The Bertz CT molecular complexity index is 629. The minimum atomic E-state index is -0.528. The van der Waals surface area contributed by atoms with Gasteiger partial charge in [0.05, 0.1) is 5.92 Å². The van der Waals surface area contributed by atoms with Gasteiger partial charge in [-0.25, -0.2) is 4.79 Å². The third-order valence-electron chi connectivity index (χ3n) is 4.67. The molecule has 1 aliphatic rings. The zero-order valence-electron chi connectivity index (χ0n) is 16.9. The molecule has 1 saturated heterocycles. The van der Waals surface area contributed by atoms with Gasteiger partial charge in [-0.1, -0.05) is 37.3 Å². The summed E-state index contributed by atoms with van der Waals surface area (Å²) in [5, 5.41) is -0.0247. The molecule has 0 aliphatic carbocycles. The third kappa shape index (κ3) is 6.16. The summed E-state index contributed by atoms with van der Waals surface area (Å²) >= 11 is 1.61. The topological polar surface area (TPSA) is 55.8 Å². The molecule has 1 fully saturated rings. The lowest BCUT2D eigenvalue weighted by Gasteiger charge is -2.34. The maximum Gasteiger partial charge on any atom is 0.410 e. The summed E-state index contributed by atoms with van der Waals surface area (Å²) in [5.74, 6) is -0.536. The standard InChI is InChI=1S/C21H31NO4S/c1-15(19(23)25-14-16-10-7-6-8-11-16)18(27-5)17-12-9-13-22(17)20(24)26-21(2,3)4/h6-8,10-11,15,17-18H,9,12-14H2,1-5H3/t15?,17?,18-/m0/s1. The summed E-state index contributed by atoms with van der Waals surface area (Å²) < 4.78 is 11.1. The molecule has 2 unspecified atom stereocenters. The summed E-state index contributed by atoms with van der Waals surface area (Å²) in [7, 11) is 0. The van der Waals surface area contributed by atoms with Crippen LogP contribution < -0.4 is 0 Å².